The van der Waals surface area contributed by atoms with Gasteiger partial charge in [0.05, 0.1) is 12.2 Å². The van der Waals surface area contributed by atoms with Gasteiger partial charge in [-0.1, -0.05) is 24.0 Å². The van der Waals surface area contributed by atoms with Gasteiger partial charge in [-0.15, -0.1) is 0 Å². The lowest BCUT2D eigenvalue weighted by atomic mass is 10.1. The Morgan fingerprint density at radius 3 is 2.58 bits per heavy atom. The van der Waals surface area contributed by atoms with E-state index >= 15 is 0 Å². The molecule has 11 heteroatoms. The summed E-state index contributed by atoms with van der Waals surface area (Å²) in [5, 5.41) is 4.85. The van der Waals surface area contributed by atoms with Crippen LogP contribution in [0.3, 0.4) is 0 Å². The minimum absolute atomic E-state index is 0.0154. The van der Waals surface area contributed by atoms with Crippen molar-refractivity contribution in [2.75, 3.05) is 31.6 Å². The number of amides is 5. The average Bonchev–Trinajstić information content (AvgIpc) is 3.16. The van der Waals surface area contributed by atoms with Gasteiger partial charge in [-0.3, -0.25) is 28.9 Å². The third-order valence-corrected chi connectivity index (χ3v) is 6.08. The molecule has 1 atom stereocenters. The average molecular weight is 521 g/mol. The third-order valence-electron chi connectivity index (χ3n) is 6.08. The van der Waals surface area contributed by atoms with Gasteiger partial charge in [-0.25, -0.2) is 4.39 Å². The van der Waals surface area contributed by atoms with Crippen LogP contribution in [0.5, 0.6) is 5.75 Å². The lowest BCUT2D eigenvalue weighted by Gasteiger charge is -2.20. The maximum atomic E-state index is 13.3. The van der Waals surface area contributed by atoms with Crippen LogP contribution in [0, 0.1) is 17.7 Å². The van der Waals surface area contributed by atoms with Crippen molar-refractivity contribution in [2.24, 2.45) is 0 Å². The summed E-state index contributed by atoms with van der Waals surface area (Å²) in [6.45, 7) is -0.0961. The predicted molar refractivity (Wildman–Crippen MR) is 133 cm³/mol. The van der Waals surface area contributed by atoms with E-state index in [2.05, 4.69) is 22.5 Å². The summed E-state index contributed by atoms with van der Waals surface area (Å²) in [5.74, 6) is 2.75. The van der Waals surface area contributed by atoms with Crippen LogP contribution < -0.4 is 20.3 Å². The molecule has 0 bridgehead atoms. The van der Waals surface area contributed by atoms with Gasteiger partial charge in [0.1, 0.15) is 24.2 Å². The van der Waals surface area contributed by atoms with E-state index in [0.29, 0.717) is 29.0 Å². The first-order chi connectivity index (χ1) is 18.2. The Morgan fingerprint density at radius 1 is 1.08 bits per heavy atom. The van der Waals surface area contributed by atoms with Gasteiger partial charge in [0, 0.05) is 32.0 Å². The van der Waals surface area contributed by atoms with Gasteiger partial charge in [0.15, 0.2) is 0 Å². The molecule has 2 aliphatic rings. The fourth-order valence-electron chi connectivity index (χ4n) is 4.02. The van der Waals surface area contributed by atoms with Crippen molar-refractivity contribution in [3.05, 3.63) is 59.4 Å². The van der Waals surface area contributed by atoms with E-state index in [1.54, 1.807) is 30.3 Å². The highest BCUT2D eigenvalue weighted by Gasteiger charge is 2.32. The molecular formula is C27H25FN4O6. The van der Waals surface area contributed by atoms with E-state index in [0.717, 1.165) is 4.90 Å². The Bertz CT molecular complexity index is 1350. The number of hydrogen-bond donors (Lipinski definition) is 2. The van der Waals surface area contributed by atoms with Crippen LogP contribution in [0.2, 0.25) is 0 Å². The van der Waals surface area contributed by atoms with Gasteiger partial charge < -0.3 is 20.3 Å². The Labute approximate surface area is 218 Å². The number of ether oxygens (including phenoxy) is 1. The van der Waals surface area contributed by atoms with Crippen molar-refractivity contribution in [3.8, 4) is 17.6 Å². The van der Waals surface area contributed by atoms with Crippen molar-refractivity contribution in [1.82, 2.24) is 15.5 Å². The van der Waals surface area contributed by atoms with Crippen molar-refractivity contribution in [2.45, 2.75) is 25.3 Å². The number of likely N-dealkylation sites (tertiary alicyclic amines) is 1. The minimum atomic E-state index is -1.12. The quantitative estimate of drug-likeness (QED) is 0.337. The third kappa shape index (κ3) is 6.15. The standard InChI is InChI=1S/C27H25FN4O6/c1-31-21-15-17(5-3-13-32-23(33)9-10-24(32)34)7-8-22(21)38-16-20(27(31)37)30-26(36)25(35)29-12-11-18-4-2-6-19(28)14-18/h2,4,6-8,14-15,20H,9-13,16H2,1H3,(H,29,35)(H,30,36)/t20-/m0/s1. The minimum Gasteiger partial charge on any atom is -0.489 e. The van der Waals surface area contributed by atoms with Crippen molar-refractivity contribution in [1.29, 1.82) is 0 Å². The number of likely N-dealkylation sites (N-methyl/N-ethyl adjacent to an activating group) is 1. The number of fused-ring (bicyclic) bond motifs is 1. The van der Waals surface area contributed by atoms with Gasteiger partial charge in [-0.2, -0.15) is 0 Å². The maximum absolute atomic E-state index is 13.3. The van der Waals surface area contributed by atoms with Crippen molar-refractivity contribution < 1.29 is 33.1 Å². The number of benzene rings is 2. The van der Waals surface area contributed by atoms with E-state index < -0.39 is 29.6 Å². The number of nitrogens with zero attached hydrogens (tertiary/aromatic N) is 2. The number of rotatable bonds is 5. The lowest BCUT2D eigenvalue weighted by Crippen LogP contribution is -2.53. The normalized spacial score (nSPS) is 16.7. The molecule has 0 radical (unpaired) electrons. The molecule has 38 heavy (non-hydrogen) atoms. The number of carbonyl (C=O) groups excluding carboxylic acids is 5. The highest BCUT2D eigenvalue weighted by Crippen LogP contribution is 2.31. The molecule has 1 fully saturated rings. The zero-order chi connectivity index (χ0) is 27.2. The van der Waals surface area contributed by atoms with E-state index in [1.165, 1.54) is 24.1 Å². The van der Waals surface area contributed by atoms with Crippen LogP contribution in [-0.4, -0.2) is 67.2 Å². The lowest BCUT2D eigenvalue weighted by molar-refractivity contribution is -0.140. The number of imide groups is 1. The molecule has 0 saturated carbocycles. The zero-order valence-corrected chi connectivity index (χ0v) is 20.6. The SMILES string of the molecule is CN1C(=O)[C@@H](NC(=O)C(=O)NCCc2cccc(F)c2)COc2ccc(C#CCN3C(=O)CCC3=O)cc21. The number of anilines is 1. The summed E-state index contributed by atoms with van der Waals surface area (Å²) >= 11 is 0. The highest BCUT2D eigenvalue weighted by atomic mass is 19.1. The van der Waals surface area contributed by atoms with E-state index in [4.69, 9.17) is 4.74 Å². The van der Waals surface area contributed by atoms with E-state index in [9.17, 15) is 28.4 Å². The number of nitrogens with one attached hydrogen (secondary N) is 2. The van der Waals surface area contributed by atoms with Crippen LogP contribution >= 0.6 is 0 Å². The molecule has 2 heterocycles. The second kappa shape index (κ2) is 11.6. The second-order valence-electron chi connectivity index (χ2n) is 8.73. The van der Waals surface area contributed by atoms with Crippen LogP contribution in [0.25, 0.3) is 0 Å². The molecular weight excluding hydrogens is 495 g/mol. The molecule has 4 rings (SSSR count). The molecule has 5 amide bonds. The monoisotopic (exact) mass is 520 g/mol. The highest BCUT2D eigenvalue weighted by molar-refractivity contribution is 6.35. The van der Waals surface area contributed by atoms with Gasteiger partial charge in [0.2, 0.25) is 11.8 Å². The first-order valence-corrected chi connectivity index (χ1v) is 11.9. The molecule has 0 aliphatic carbocycles. The predicted octanol–water partition coefficient (Wildman–Crippen LogP) is 0.525. The van der Waals surface area contributed by atoms with E-state index in [1.807, 2.05) is 0 Å². The number of carbonyl (C=O) groups is 5. The van der Waals surface area contributed by atoms with E-state index in [-0.39, 0.29) is 44.4 Å². The molecule has 196 valence electrons. The molecule has 2 N–H and O–H groups in total. The smallest absolute Gasteiger partial charge is 0.310 e. The summed E-state index contributed by atoms with van der Waals surface area (Å²) in [6, 6.07) is 9.71. The summed E-state index contributed by atoms with van der Waals surface area (Å²) in [7, 11) is 1.51. The maximum Gasteiger partial charge on any atom is 0.310 e. The molecule has 2 aromatic carbocycles. The molecule has 0 aromatic heterocycles. The molecule has 2 aliphatic heterocycles. The summed E-state index contributed by atoms with van der Waals surface area (Å²) < 4.78 is 19.0. The van der Waals surface area contributed by atoms with Gasteiger partial charge >= 0.3 is 11.8 Å². The fourth-order valence-corrected chi connectivity index (χ4v) is 4.02. The largest absolute Gasteiger partial charge is 0.489 e. The second-order valence-corrected chi connectivity index (χ2v) is 8.73. The van der Waals surface area contributed by atoms with Gasteiger partial charge in [-0.05, 0) is 42.3 Å². The van der Waals surface area contributed by atoms with Crippen molar-refractivity contribution in [3.63, 3.8) is 0 Å². The molecule has 10 nitrogen and oxygen atoms in total. The Kier molecular flexibility index (Phi) is 8.01. The summed E-state index contributed by atoms with van der Waals surface area (Å²) in [6.07, 6.45) is 0.714. The Balaban J connectivity index is 1.34. The topological polar surface area (TPSA) is 125 Å². The van der Waals surface area contributed by atoms with Crippen LogP contribution in [-0.2, 0) is 30.4 Å². The zero-order valence-electron chi connectivity index (χ0n) is 20.6. The molecule has 0 spiro atoms. The van der Waals surface area contributed by atoms with Crippen LogP contribution in [0.1, 0.15) is 24.0 Å². The van der Waals surface area contributed by atoms with Gasteiger partial charge in [0.25, 0.3) is 5.91 Å². The van der Waals surface area contributed by atoms with Crippen LogP contribution in [0.15, 0.2) is 42.5 Å². The first kappa shape index (κ1) is 26.3. The first-order valence-electron chi connectivity index (χ1n) is 11.9. The summed E-state index contributed by atoms with van der Waals surface area (Å²) in [4.78, 5) is 63.5. The number of halogens is 1. The fraction of sp³-hybridized carbons (Fsp3) is 0.296. The molecule has 1 saturated heterocycles. The summed E-state index contributed by atoms with van der Waals surface area (Å²) in [5.41, 5.74) is 1.61. The Morgan fingerprint density at radius 2 is 1.84 bits per heavy atom. The van der Waals surface area contributed by atoms with Crippen molar-refractivity contribution >= 4 is 35.2 Å². The molecule has 2 aromatic rings. The Hall–Kier alpha value is -4.72. The molecule has 0 unspecified atom stereocenters. The number of hydrogen-bond acceptors (Lipinski definition) is 6. The van der Waals surface area contributed by atoms with Crippen LogP contribution in [0.4, 0.5) is 10.1 Å².